The first-order valence-corrected chi connectivity index (χ1v) is 10.7. The monoisotopic (exact) mass is 453 g/mol. The number of anilines is 1. The topological polar surface area (TPSA) is 67.0 Å². The molecule has 0 saturated carbocycles. The normalized spacial score (nSPS) is 12.0. The van der Waals surface area contributed by atoms with Gasteiger partial charge in [-0.15, -0.1) is 0 Å². The zero-order valence-electron chi connectivity index (χ0n) is 16.9. The van der Waals surface area contributed by atoms with Crippen molar-refractivity contribution in [3.05, 3.63) is 92.7 Å². The summed E-state index contributed by atoms with van der Waals surface area (Å²) in [6, 6.07) is 20.6. The van der Waals surface area contributed by atoms with Crippen LogP contribution in [0.15, 0.2) is 71.5 Å². The molecule has 1 aromatic heterocycles. The minimum absolute atomic E-state index is 0.184. The van der Waals surface area contributed by atoms with Gasteiger partial charge in [-0.25, -0.2) is 5.10 Å². The van der Waals surface area contributed by atoms with Crippen molar-refractivity contribution < 1.29 is 4.74 Å². The fourth-order valence-electron chi connectivity index (χ4n) is 3.37. The fourth-order valence-corrected chi connectivity index (χ4v) is 3.82. The van der Waals surface area contributed by atoms with Crippen LogP contribution in [0.2, 0.25) is 10.0 Å². The summed E-state index contributed by atoms with van der Waals surface area (Å²) in [6.45, 7) is 2.90. The Morgan fingerprint density at radius 3 is 2.52 bits per heavy atom. The van der Waals surface area contributed by atoms with Crippen molar-refractivity contribution in [3.63, 3.8) is 0 Å². The van der Waals surface area contributed by atoms with E-state index in [0.29, 0.717) is 38.7 Å². The molecule has 0 spiro atoms. The highest BCUT2D eigenvalue weighted by Crippen LogP contribution is 2.32. The molecule has 0 saturated heterocycles. The first kappa shape index (κ1) is 21.2. The number of aromatic nitrogens is 2. The summed E-state index contributed by atoms with van der Waals surface area (Å²) < 4.78 is 5.85. The standard InChI is InChI=1S/C24H21Cl2N3O2/c1-15(12-13-27-23-19-4-2-3-5-20(19)24(30)29-28-23)16-6-9-18(10-7-16)31-22-11-8-17(25)14-21(22)26/h2-11,14-15H,12-13H2,1H3,(H,27,28)(H,29,30). The number of nitrogens with zero attached hydrogens (tertiary/aromatic N) is 1. The van der Waals surface area contributed by atoms with Gasteiger partial charge in [-0.05, 0) is 54.3 Å². The predicted molar refractivity (Wildman–Crippen MR) is 127 cm³/mol. The zero-order valence-corrected chi connectivity index (χ0v) is 18.4. The Balaban J connectivity index is 1.37. The number of H-pyrrole nitrogens is 1. The lowest BCUT2D eigenvalue weighted by atomic mass is 9.98. The number of halogens is 2. The van der Waals surface area contributed by atoms with E-state index >= 15 is 0 Å². The molecule has 0 fully saturated rings. The van der Waals surface area contributed by atoms with Gasteiger partial charge < -0.3 is 10.1 Å². The van der Waals surface area contributed by atoms with Gasteiger partial charge in [-0.3, -0.25) is 4.79 Å². The lowest BCUT2D eigenvalue weighted by Gasteiger charge is -2.14. The summed E-state index contributed by atoms with van der Waals surface area (Å²) >= 11 is 12.1. The largest absolute Gasteiger partial charge is 0.456 e. The van der Waals surface area contributed by atoms with Gasteiger partial charge in [0.15, 0.2) is 5.82 Å². The Morgan fingerprint density at radius 2 is 1.77 bits per heavy atom. The lowest BCUT2D eigenvalue weighted by molar-refractivity contribution is 0.482. The molecular weight excluding hydrogens is 433 g/mol. The van der Waals surface area contributed by atoms with Crippen LogP contribution in [0.4, 0.5) is 5.82 Å². The highest BCUT2D eigenvalue weighted by Gasteiger charge is 2.09. The van der Waals surface area contributed by atoms with E-state index < -0.39 is 0 Å². The molecule has 7 heteroatoms. The van der Waals surface area contributed by atoms with Crippen LogP contribution >= 0.6 is 23.2 Å². The first-order valence-electron chi connectivity index (χ1n) is 9.95. The SMILES string of the molecule is CC(CCNc1n[nH]c(=O)c2ccccc12)c1ccc(Oc2ccc(Cl)cc2Cl)cc1. The number of hydrogen-bond donors (Lipinski definition) is 2. The quantitative estimate of drug-likeness (QED) is 0.329. The summed E-state index contributed by atoms with van der Waals surface area (Å²) in [4.78, 5) is 11.9. The van der Waals surface area contributed by atoms with E-state index in [1.54, 1.807) is 24.3 Å². The van der Waals surface area contributed by atoms with Gasteiger partial charge in [0.25, 0.3) is 5.56 Å². The van der Waals surface area contributed by atoms with Crippen LogP contribution in [0.3, 0.4) is 0 Å². The van der Waals surface area contributed by atoms with E-state index in [9.17, 15) is 4.79 Å². The van der Waals surface area contributed by atoms with Crippen LogP contribution in [-0.2, 0) is 0 Å². The Morgan fingerprint density at radius 1 is 1.03 bits per heavy atom. The Labute approximate surface area is 190 Å². The number of aromatic amines is 1. The molecule has 0 amide bonds. The lowest BCUT2D eigenvalue weighted by Crippen LogP contribution is -2.13. The van der Waals surface area contributed by atoms with E-state index in [4.69, 9.17) is 27.9 Å². The molecule has 1 heterocycles. The summed E-state index contributed by atoms with van der Waals surface area (Å²) in [5.41, 5.74) is 1.02. The molecule has 0 bridgehead atoms. The summed E-state index contributed by atoms with van der Waals surface area (Å²) in [7, 11) is 0. The van der Waals surface area contributed by atoms with Crippen molar-refractivity contribution in [2.24, 2.45) is 0 Å². The van der Waals surface area contributed by atoms with Crippen LogP contribution < -0.4 is 15.6 Å². The summed E-state index contributed by atoms with van der Waals surface area (Å²) in [5.74, 6) is 2.29. The Kier molecular flexibility index (Phi) is 6.44. The maximum atomic E-state index is 11.9. The van der Waals surface area contributed by atoms with Gasteiger partial charge in [0.05, 0.1) is 10.4 Å². The molecule has 4 aromatic rings. The minimum Gasteiger partial charge on any atom is -0.456 e. The third kappa shape index (κ3) is 5.01. The zero-order chi connectivity index (χ0) is 21.8. The van der Waals surface area contributed by atoms with Crippen molar-refractivity contribution in [1.82, 2.24) is 10.2 Å². The molecule has 3 aromatic carbocycles. The smallest absolute Gasteiger partial charge is 0.272 e. The van der Waals surface area contributed by atoms with Crippen molar-refractivity contribution in [3.8, 4) is 11.5 Å². The second-order valence-corrected chi connectivity index (χ2v) is 8.15. The molecule has 1 atom stereocenters. The maximum Gasteiger partial charge on any atom is 0.272 e. The second-order valence-electron chi connectivity index (χ2n) is 7.31. The van der Waals surface area contributed by atoms with Crippen molar-refractivity contribution in [2.75, 3.05) is 11.9 Å². The summed E-state index contributed by atoms with van der Waals surface area (Å²) in [5, 5.41) is 12.5. The van der Waals surface area contributed by atoms with Crippen molar-refractivity contribution in [2.45, 2.75) is 19.3 Å². The highest BCUT2D eigenvalue weighted by molar-refractivity contribution is 6.35. The average Bonchev–Trinajstić information content (AvgIpc) is 2.78. The minimum atomic E-state index is -0.184. The molecule has 5 nitrogen and oxygen atoms in total. The van der Waals surface area contributed by atoms with Gasteiger partial charge in [0.2, 0.25) is 0 Å². The molecule has 1 unspecified atom stereocenters. The van der Waals surface area contributed by atoms with Crippen LogP contribution in [0.1, 0.15) is 24.8 Å². The van der Waals surface area contributed by atoms with E-state index in [1.165, 1.54) is 5.56 Å². The van der Waals surface area contributed by atoms with Crippen LogP contribution in [-0.4, -0.2) is 16.7 Å². The van der Waals surface area contributed by atoms with Gasteiger partial charge in [0.1, 0.15) is 11.5 Å². The Bertz CT molecular complexity index is 1260. The van der Waals surface area contributed by atoms with Gasteiger partial charge in [-0.2, -0.15) is 5.10 Å². The molecule has 4 rings (SSSR count). The van der Waals surface area contributed by atoms with Crippen LogP contribution in [0, 0.1) is 0 Å². The molecule has 0 aliphatic heterocycles. The van der Waals surface area contributed by atoms with Crippen molar-refractivity contribution >= 4 is 39.8 Å². The predicted octanol–water partition coefficient (Wildman–Crippen LogP) is 6.63. The molecule has 31 heavy (non-hydrogen) atoms. The number of nitrogens with one attached hydrogen (secondary N) is 2. The Hall–Kier alpha value is -3.02. The molecule has 158 valence electrons. The third-order valence-corrected chi connectivity index (χ3v) is 5.67. The van der Waals surface area contributed by atoms with Crippen molar-refractivity contribution in [1.29, 1.82) is 0 Å². The highest BCUT2D eigenvalue weighted by atomic mass is 35.5. The maximum absolute atomic E-state index is 11.9. The van der Waals surface area contributed by atoms with E-state index in [2.05, 4.69) is 34.6 Å². The molecule has 0 aliphatic carbocycles. The van der Waals surface area contributed by atoms with Gasteiger partial charge in [0, 0.05) is 17.0 Å². The number of ether oxygens (including phenoxy) is 1. The van der Waals surface area contributed by atoms with E-state index in [0.717, 1.165) is 18.4 Å². The second kappa shape index (κ2) is 9.41. The van der Waals surface area contributed by atoms with Gasteiger partial charge in [-0.1, -0.05) is 60.5 Å². The summed E-state index contributed by atoms with van der Waals surface area (Å²) in [6.07, 6.45) is 0.901. The number of hydrogen-bond acceptors (Lipinski definition) is 4. The van der Waals surface area contributed by atoms with Crippen LogP contribution in [0.5, 0.6) is 11.5 Å². The third-order valence-electron chi connectivity index (χ3n) is 5.14. The molecule has 0 radical (unpaired) electrons. The molecule has 0 aliphatic rings. The number of benzene rings is 3. The fraction of sp³-hybridized carbons (Fsp3) is 0.167. The number of rotatable bonds is 7. The first-order chi connectivity index (χ1) is 15.0. The molecular formula is C24H21Cl2N3O2. The van der Waals surface area contributed by atoms with E-state index in [-0.39, 0.29) is 5.56 Å². The average molecular weight is 454 g/mol. The number of fused-ring (bicyclic) bond motifs is 1. The van der Waals surface area contributed by atoms with Crippen LogP contribution in [0.25, 0.3) is 10.8 Å². The van der Waals surface area contributed by atoms with Gasteiger partial charge >= 0.3 is 0 Å². The van der Waals surface area contributed by atoms with E-state index in [1.807, 2.05) is 30.3 Å². The molecule has 2 N–H and O–H groups in total.